The van der Waals surface area contributed by atoms with Crippen molar-refractivity contribution in [1.29, 1.82) is 0 Å². The Morgan fingerprint density at radius 3 is 2.29 bits per heavy atom. The minimum Gasteiger partial charge on any atom is -0.489 e. The van der Waals surface area contributed by atoms with E-state index < -0.39 is 0 Å². The minimum atomic E-state index is 0. The van der Waals surface area contributed by atoms with Gasteiger partial charge in [0.25, 0.3) is 0 Å². The lowest BCUT2D eigenvalue weighted by molar-refractivity contribution is 0.277. The van der Waals surface area contributed by atoms with Crippen molar-refractivity contribution >= 4 is 23.2 Å². The van der Waals surface area contributed by atoms with Gasteiger partial charge >= 0.3 is 0 Å². The first-order chi connectivity index (χ1) is 13.3. The summed E-state index contributed by atoms with van der Waals surface area (Å²) in [6.45, 7) is 8.60. The molecule has 3 aromatic rings. The molecule has 0 atom stereocenters. The zero-order chi connectivity index (χ0) is 18.9. The van der Waals surface area contributed by atoms with Crippen molar-refractivity contribution in [2.75, 3.05) is 19.6 Å². The van der Waals surface area contributed by atoms with Crippen LogP contribution in [0, 0.1) is 0 Å². The summed E-state index contributed by atoms with van der Waals surface area (Å²) in [6, 6.07) is 23.5. The second kappa shape index (κ2) is 11.7. The highest BCUT2D eigenvalue weighted by Gasteiger charge is 2.05. The van der Waals surface area contributed by atoms with Crippen LogP contribution in [-0.4, -0.2) is 24.5 Å². The fourth-order valence-corrected chi connectivity index (χ4v) is 3.63. The van der Waals surface area contributed by atoms with E-state index in [4.69, 9.17) is 4.74 Å². The second-order valence-electron chi connectivity index (χ2n) is 7.17. The van der Waals surface area contributed by atoms with Gasteiger partial charge in [-0.2, -0.15) is 0 Å². The Morgan fingerprint density at radius 1 is 0.786 bits per heavy atom. The maximum absolute atomic E-state index is 6.13. The Kier molecular flexibility index (Phi) is 9.33. The Balaban J connectivity index is 0.00000280. The van der Waals surface area contributed by atoms with Crippen LogP contribution in [0.15, 0.2) is 66.7 Å². The van der Waals surface area contributed by atoms with Crippen LogP contribution in [0.3, 0.4) is 0 Å². The molecule has 0 aromatic heterocycles. The second-order valence-corrected chi connectivity index (χ2v) is 7.17. The first-order valence-corrected chi connectivity index (χ1v) is 10.2. The molecule has 3 rings (SSSR count). The largest absolute Gasteiger partial charge is 0.489 e. The van der Waals surface area contributed by atoms with Crippen LogP contribution in [0.4, 0.5) is 0 Å². The van der Waals surface area contributed by atoms with E-state index in [1.807, 2.05) is 0 Å². The third-order valence-electron chi connectivity index (χ3n) is 4.97. The van der Waals surface area contributed by atoms with E-state index >= 15 is 0 Å². The highest BCUT2D eigenvalue weighted by molar-refractivity contribution is 5.85. The number of ether oxygens (including phenoxy) is 1. The Labute approximate surface area is 175 Å². The van der Waals surface area contributed by atoms with Gasteiger partial charge < -0.3 is 9.64 Å². The molecule has 0 radical (unpaired) electrons. The lowest BCUT2D eigenvalue weighted by Crippen LogP contribution is -2.27. The van der Waals surface area contributed by atoms with E-state index in [1.165, 1.54) is 47.8 Å². The van der Waals surface area contributed by atoms with Crippen LogP contribution < -0.4 is 4.74 Å². The predicted molar refractivity (Wildman–Crippen MR) is 123 cm³/mol. The van der Waals surface area contributed by atoms with Crippen molar-refractivity contribution in [3.8, 4) is 5.75 Å². The summed E-state index contributed by atoms with van der Waals surface area (Å²) < 4.78 is 6.13. The van der Waals surface area contributed by atoms with Gasteiger partial charge in [0.15, 0.2) is 0 Å². The van der Waals surface area contributed by atoms with Crippen LogP contribution in [0.1, 0.15) is 37.8 Å². The first kappa shape index (κ1) is 22.3. The average Bonchev–Trinajstić information content (AvgIpc) is 2.71. The molecule has 3 heteroatoms. The van der Waals surface area contributed by atoms with E-state index in [0.29, 0.717) is 6.61 Å². The monoisotopic (exact) mass is 397 g/mol. The minimum absolute atomic E-state index is 0. The number of nitrogens with zero attached hydrogens (tertiary/aromatic N) is 1. The van der Waals surface area contributed by atoms with Crippen LogP contribution >= 0.6 is 12.4 Å². The molecule has 0 aliphatic carbocycles. The van der Waals surface area contributed by atoms with Gasteiger partial charge in [-0.1, -0.05) is 68.4 Å². The third-order valence-corrected chi connectivity index (χ3v) is 4.97. The summed E-state index contributed by atoms with van der Waals surface area (Å²) in [6.07, 6.45) is 3.51. The van der Waals surface area contributed by atoms with Crippen LogP contribution in [0.5, 0.6) is 5.75 Å². The van der Waals surface area contributed by atoms with E-state index in [-0.39, 0.29) is 12.4 Å². The standard InChI is InChI=1S/C25H31NO.ClH/c1-3-16-26(17-4-2)18-15-21-9-7-13-24(19-21)27-20-23-12-8-11-22-10-5-6-14-25(22)23;/h5-14,19H,3-4,15-18,20H2,1-2H3;1H. The normalized spacial score (nSPS) is 10.8. The fourth-order valence-electron chi connectivity index (χ4n) is 3.63. The zero-order valence-corrected chi connectivity index (χ0v) is 17.9. The van der Waals surface area contributed by atoms with Gasteiger partial charge in [0.2, 0.25) is 0 Å². The molecule has 28 heavy (non-hydrogen) atoms. The molecule has 0 fully saturated rings. The molecule has 0 saturated heterocycles. The Hall–Kier alpha value is -2.03. The van der Waals surface area contributed by atoms with Gasteiger partial charge in [-0.15, -0.1) is 12.4 Å². The van der Waals surface area contributed by atoms with Gasteiger partial charge in [-0.3, -0.25) is 0 Å². The number of fused-ring (bicyclic) bond motifs is 1. The molecule has 3 aromatic carbocycles. The Bertz CT molecular complexity index is 837. The molecule has 0 bridgehead atoms. The smallest absolute Gasteiger partial charge is 0.120 e. The molecular formula is C25H32ClNO. The molecule has 0 N–H and O–H groups in total. The molecule has 2 nitrogen and oxygen atoms in total. The molecule has 0 unspecified atom stereocenters. The fraction of sp³-hybridized carbons (Fsp3) is 0.360. The summed E-state index contributed by atoms with van der Waals surface area (Å²) >= 11 is 0. The zero-order valence-electron chi connectivity index (χ0n) is 17.1. The van der Waals surface area contributed by atoms with Gasteiger partial charge in [0, 0.05) is 6.54 Å². The number of hydrogen-bond donors (Lipinski definition) is 0. The van der Waals surface area contributed by atoms with E-state index in [9.17, 15) is 0 Å². The van der Waals surface area contributed by atoms with E-state index in [2.05, 4.69) is 85.5 Å². The van der Waals surface area contributed by atoms with Crippen LogP contribution in [0.25, 0.3) is 10.8 Å². The van der Waals surface area contributed by atoms with Crippen molar-refractivity contribution in [2.45, 2.75) is 39.7 Å². The van der Waals surface area contributed by atoms with Gasteiger partial charge in [0.05, 0.1) is 0 Å². The molecule has 0 spiro atoms. The van der Waals surface area contributed by atoms with Gasteiger partial charge in [-0.05, 0) is 66.4 Å². The number of rotatable bonds is 10. The quantitative estimate of drug-likeness (QED) is 0.387. The molecule has 0 saturated carbocycles. The lowest BCUT2D eigenvalue weighted by atomic mass is 10.1. The SMILES string of the molecule is CCCN(CCC)CCc1cccc(OCc2cccc3ccccc23)c1.Cl. The maximum Gasteiger partial charge on any atom is 0.120 e. The average molecular weight is 398 g/mol. The summed E-state index contributed by atoms with van der Waals surface area (Å²) in [7, 11) is 0. The number of halogens is 1. The molecule has 0 aliphatic heterocycles. The molecule has 150 valence electrons. The van der Waals surface area contributed by atoms with Crippen molar-refractivity contribution in [2.24, 2.45) is 0 Å². The lowest BCUT2D eigenvalue weighted by Gasteiger charge is -2.21. The highest BCUT2D eigenvalue weighted by atomic mass is 35.5. The summed E-state index contributed by atoms with van der Waals surface area (Å²) in [4.78, 5) is 2.56. The van der Waals surface area contributed by atoms with Gasteiger partial charge in [-0.25, -0.2) is 0 Å². The van der Waals surface area contributed by atoms with Gasteiger partial charge in [0.1, 0.15) is 12.4 Å². The van der Waals surface area contributed by atoms with Crippen molar-refractivity contribution in [3.05, 3.63) is 77.9 Å². The predicted octanol–water partition coefficient (Wildman–Crippen LogP) is 6.51. The topological polar surface area (TPSA) is 12.5 Å². The molecule has 0 amide bonds. The van der Waals surface area contributed by atoms with E-state index in [0.717, 1.165) is 18.7 Å². The van der Waals surface area contributed by atoms with Crippen molar-refractivity contribution < 1.29 is 4.74 Å². The van der Waals surface area contributed by atoms with Crippen molar-refractivity contribution in [3.63, 3.8) is 0 Å². The van der Waals surface area contributed by atoms with Crippen LogP contribution in [-0.2, 0) is 13.0 Å². The molecule has 0 aliphatic rings. The molecular weight excluding hydrogens is 366 g/mol. The van der Waals surface area contributed by atoms with Crippen molar-refractivity contribution in [1.82, 2.24) is 4.90 Å². The highest BCUT2D eigenvalue weighted by Crippen LogP contribution is 2.21. The number of hydrogen-bond acceptors (Lipinski definition) is 2. The number of benzene rings is 3. The van der Waals surface area contributed by atoms with Crippen LogP contribution in [0.2, 0.25) is 0 Å². The maximum atomic E-state index is 6.13. The Morgan fingerprint density at radius 2 is 1.50 bits per heavy atom. The van der Waals surface area contributed by atoms with E-state index in [1.54, 1.807) is 0 Å². The summed E-state index contributed by atoms with van der Waals surface area (Å²) in [5, 5.41) is 2.53. The first-order valence-electron chi connectivity index (χ1n) is 10.2. The molecule has 0 heterocycles. The summed E-state index contributed by atoms with van der Waals surface area (Å²) in [5.41, 5.74) is 2.58. The summed E-state index contributed by atoms with van der Waals surface area (Å²) in [5.74, 6) is 0.956. The third kappa shape index (κ3) is 6.25.